The topological polar surface area (TPSA) is 107 Å². The number of aryl methyl sites for hydroxylation is 2. The fourth-order valence-electron chi connectivity index (χ4n) is 1.68. The van der Waals surface area contributed by atoms with Crippen LogP contribution in [0.15, 0.2) is 16.3 Å². The summed E-state index contributed by atoms with van der Waals surface area (Å²) in [7, 11) is -2.28. The van der Waals surface area contributed by atoms with Crippen molar-refractivity contribution in [3.63, 3.8) is 0 Å². The van der Waals surface area contributed by atoms with Crippen molar-refractivity contribution in [1.82, 2.24) is 9.97 Å². The minimum absolute atomic E-state index is 0.0211. The summed E-state index contributed by atoms with van der Waals surface area (Å²) >= 11 is 1.14. The van der Waals surface area contributed by atoms with E-state index in [1.54, 1.807) is 19.1 Å². The van der Waals surface area contributed by atoms with Crippen LogP contribution < -0.4 is 15.2 Å². The summed E-state index contributed by atoms with van der Waals surface area (Å²) in [6.45, 7) is 3.86. The highest BCUT2D eigenvalue weighted by atomic mass is 32.2. The third-order valence-corrected chi connectivity index (χ3v) is 5.77. The number of nitrogens with one attached hydrogen (secondary N) is 1. The van der Waals surface area contributed by atoms with Gasteiger partial charge in [0.25, 0.3) is 10.0 Å². The molecule has 21 heavy (non-hydrogen) atoms. The molecule has 0 aliphatic rings. The van der Waals surface area contributed by atoms with Crippen LogP contribution in [0.1, 0.15) is 16.1 Å². The Morgan fingerprint density at radius 1 is 1.33 bits per heavy atom. The molecule has 0 amide bonds. The Hall–Kier alpha value is -1.71. The summed E-state index contributed by atoms with van der Waals surface area (Å²) in [6, 6.07) is 3.20. The Balaban J connectivity index is 2.34. The number of ether oxygens (including phenoxy) is 1. The van der Waals surface area contributed by atoms with Crippen molar-refractivity contribution < 1.29 is 13.2 Å². The molecule has 0 aliphatic carbocycles. The molecule has 2 aromatic rings. The van der Waals surface area contributed by atoms with Crippen molar-refractivity contribution >= 4 is 27.3 Å². The second-order valence-corrected chi connectivity index (χ2v) is 7.40. The SMILES string of the molecule is COc1cc(C)nc(NS(=O)(=O)c2cc(C)c(CN)s2)n1. The first-order valence-corrected chi connectivity index (χ1v) is 8.37. The lowest BCUT2D eigenvalue weighted by Crippen LogP contribution is -2.14. The molecular formula is C12H16N4O3S2. The normalized spacial score (nSPS) is 11.4. The van der Waals surface area contributed by atoms with Gasteiger partial charge in [0.15, 0.2) is 0 Å². The third-order valence-electron chi connectivity index (χ3n) is 2.71. The summed E-state index contributed by atoms with van der Waals surface area (Å²) in [5.41, 5.74) is 7.03. The van der Waals surface area contributed by atoms with Gasteiger partial charge in [-0.2, -0.15) is 4.98 Å². The smallest absolute Gasteiger partial charge is 0.273 e. The zero-order valence-corrected chi connectivity index (χ0v) is 13.5. The van der Waals surface area contributed by atoms with E-state index >= 15 is 0 Å². The fraction of sp³-hybridized carbons (Fsp3) is 0.333. The Morgan fingerprint density at radius 2 is 2.05 bits per heavy atom. The highest BCUT2D eigenvalue weighted by molar-refractivity contribution is 7.94. The number of nitrogens with two attached hydrogens (primary N) is 1. The molecule has 0 bridgehead atoms. The van der Waals surface area contributed by atoms with Gasteiger partial charge in [-0.3, -0.25) is 0 Å². The zero-order chi connectivity index (χ0) is 15.6. The molecule has 0 spiro atoms. The largest absolute Gasteiger partial charge is 0.481 e. The molecule has 0 saturated carbocycles. The molecule has 0 fully saturated rings. The van der Waals surface area contributed by atoms with Crippen LogP contribution >= 0.6 is 11.3 Å². The molecule has 7 nitrogen and oxygen atoms in total. The van der Waals surface area contributed by atoms with Crippen LogP contribution in [-0.4, -0.2) is 25.5 Å². The monoisotopic (exact) mass is 328 g/mol. The number of nitrogens with zero attached hydrogens (tertiary/aromatic N) is 2. The number of hydrogen-bond acceptors (Lipinski definition) is 7. The van der Waals surface area contributed by atoms with Crippen LogP contribution in [0.4, 0.5) is 5.95 Å². The van der Waals surface area contributed by atoms with Crippen molar-refractivity contribution in [2.75, 3.05) is 11.8 Å². The molecule has 0 radical (unpaired) electrons. The Morgan fingerprint density at radius 3 is 2.62 bits per heavy atom. The van der Waals surface area contributed by atoms with Gasteiger partial charge in [0.1, 0.15) is 4.21 Å². The summed E-state index contributed by atoms with van der Waals surface area (Å²) in [6.07, 6.45) is 0. The van der Waals surface area contributed by atoms with Gasteiger partial charge < -0.3 is 10.5 Å². The van der Waals surface area contributed by atoms with Gasteiger partial charge in [-0.1, -0.05) is 0 Å². The van der Waals surface area contributed by atoms with Crippen molar-refractivity contribution in [2.24, 2.45) is 5.73 Å². The number of aromatic nitrogens is 2. The first-order valence-electron chi connectivity index (χ1n) is 6.07. The molecule has 0 saturated heterocycles. The molecule has 0 unspecified atom stereocenters. The minimum atomic E-state index is -3.73. The molecule has 0 aromatic carbocycles. The number of sulfonamides is 1. The molecule has 3 N–H and O–H groups in total. The van der Waals surface area contributed by atoms with Crippen LogP contribution in [0.3, 0.4) is 0 Å². The molecule has 0 aliphatic heterocycles. The number of methoxy groups -OCH3 is 1. The van der Waals surface area contributed by atoms with Crippen LogP contribution in [0, 0.1) is 13.8 Å². The van der Waals surface area contributed by atoms with E-state index in [1.807, 2.05) is 6.92 Å². The molecule has 114 valence electrons. The van der Waals surface area contributed by atoms with E-state index in [1.165, 1.54) is 7.11 Å². The average molecular weight is 328 g/mol. The minimum Gasteiger partial charge on any atom is -0.481 e. The van der Waals surface area contributed by atoms with Gasteiger partial charge in [-0.25, -0.2) is 18.1 Å². The van der Waals surface area contributed by atoms with Crippen LogP contribution in [0.5, 0.6) is 5.88 Å². The quantitative estimate of drug-likeness (QED) is 0.859. The number of thiophene rings is 1. The van der Waals surface area contributed by atoms with E-state index in [4.69, 9.17) is 10.5 Å². The fourth-order valence-corrected chi connectivity index (χ4v) is 4.10. The second kappa shape index (κ2) is 5.96. The van der Waals surface area contributed by atoms with Crippen LogP contribution in [0.2, 0.25) is 0 Å². The van der Waals surface area contributed by atoms with Crippen molar-refractivity contribution in [3.8, 4) is 5.88 Å². The highest BCUT2D eigenvalue weighted by Gasteiger charge is 2.20. The lowest BCUT2D eigenvalue weighted by atomic mass is 10.3. The molecular weight excluding hydrogens is 312 g/mol. The first-order chi connectivity index (χ1) is 9.85. The predicted octanol–water partition coefficient (Wildman–Crippen LogP) is 1.42. The molecule has 2 aromatic heterocycles. The summed E-state index contributed by atoms with van der Waals surface area (Å²) in [5.74, 6) is 0.275. The third kappa shape index (κ3) is 3.49. The standard InChI is InChI=1S/C12H16N4O3S2/c1-7-4-11(20-9(7)6-13)21(17,18)16-12-14-8(2)5-10(15-12)19-3/h4-5H,6,13H2,1-3H3,(H,14,15,16). The predicted molar refractivity (Wildman–Crippen MR) is 81.1 cm³/mol. The van der Waals surface area contributed by atoms with Gasteiger partial charge in [0.05, 0.1) is 7.11 Å². The number of rotatable bonds is 5. The summed E-state index contributed by atoms with van der Waals surface area (Å²) < 4.78 is 32.2. The van der Waals surface area contributed by atoms with Crippen molar-refractivity contribution in [1.29, 1.82) is 0 Å². The summed E-state index contributed by atoms with van der Waals surface area (Å²) in [5, 5.41) is 0. The van der Waals surface area contributed by atoms with Gasteiger partial charge in [-0.05, 0) is 25.5 Å². The Bertz CT molecular complexity index is 756. The van der Waals surface area contributed by atoms with Gasteiger partial charge >= 0.3 is 0 Å². The van der Waals surface area contributed by atoms with Crippen molar-refractivity contribution in [3.05, 3.63) is 28.3 Å². The van der Waals surface area contributed by atoms with E-state index in [9.17, 15) is 8.42 Å². The van der Waals surface area contributed by atoms with E-state index in [-0.39, 0.29) is 10.2 Å². The van der Waals surface area contributed by atoms with E-state index in [0.29, 0.717) is 18.1 Å². The molecule has 2 rings (SSSR count). The number of hydrogen-bond donors (Lipinski definition) is 2. The maximum absolute atomic E-state index is 12.3. The number of anilines is 1. The van der Waals surface area contributed by atoms with E-state index in [0.717, 1.165) is 21.8 Å². The molecule has 0 atom stereocenters. The van der Waals surface area contributed by atoms with Crippen molar-refractivity contribution in [2.45, 2.75) is 24.6 Å². The van der Waals surface area contributed by atoms with Gasteiger partial charge in [-0.15, -0.1) is 11.3 Å². The second-order valence-electron chi connectivity index (χ2n) is 4.36. The Labute approximate surface area is 127 Å². The van der Waals surface area contributed by atoms with Crippen LogP contribution in [-0.2, 0) is 16.6 Å². The average Bonchev–Trinajstić information content (AvgIpc) is 2.79. The van der Waals surface area contributed by atoms with Gasteiger partial charge in [0, 0.05) is 23.2 Å². The lowest BCUT2D eigenvalue weighted by molar-refractivity contribution is 0.397. The lowest BCUT2D eigenvalue weighted by Gasteiger charge is -2.07. The molecule has 9 heteroatoms. The molecule has 2 heterocycles. The Kier molecular flexibility index (Phi) is 4.45. The van der Waals surface area contributed by atoms with Crippen LogP contribution in [0.25, 0.3) is 0 Å². The summed E-state index contributed by atoms with van der Waals surface area (Å²) in [4.78, 5) is 8.84. The maximum Gasteiger partial charge on any atom is 0.273 e. The van der Waals surface area contributed by atoms with E-state index < -0.39 is 10.0 Å². The van der Waals surface area contributed by atoms with E-state index in [2.05, 4.69) is 14.7 Å². The zero-order valence-electron chi connectivity index (χ0n) is 11.9. The van der Waals surface area contributed by atoms with Gasteiger partial charge in [0.2, 0.25) is 11.8 Å². The maximum atomic E-state index is 12.3. The first kappa shape index (κ1) is 15.7. The highest BCUT2D eigenvalue weighted by Crippen LogP contribution is 2.27.